The van der Waals surface area contributed by atoms with Gasteiger partial charge in [0.05, 0.1) is 6.10 Å². The fourth-order valence-electron chi connectivity index (χ4n) is 2.34. The normalized spacial score (nSPS) is 25.6. The van der Waals surface area contributed by atoms with Gasteiger partial charge in [-0.25, -0.2) is 0 Å². The van der Waals surface area contributed by atoms with Crippen LogP contribution in [0.1, 0.15) is 24.5 Å². The molecular weight excluding hydrogens is 222 g/mol. The van der Waals surface area contributed by atoms with Gasteiger partial charge >= 0.3 is 0 Å². The summed E-state index contributed by atoms with van der Waals surface area (Å²) in [6.07, 6.45) is 2.61. The van der Waals surface area contributed by atoms with Crippen LogP contribution in [0.5, 0.6) is 0 Å². The summed E-state index contributed by atoms with van der Waals surface area (Å²) in [6, 6.07) is 8.01. The van der Waals surface area contributed by atoms with Crippen molar-refractivity contribution in [2.24, 2.45) is 5.92 Å². The summed E-state index contributed by atoms with van der Waals surface area (Å²) in [4.78, 5) is 0. The van der Waals surface area contributed by atoms with Crippen LogP contribution >= 0.6 is 11.6 Å². The molecule has 1 aliphatic heterocycles. The van der Waals surface area contributed by atoms with E-state index in [-0.39, 0.29) is 6.10 Å². The largest absolute Gasteiger partial charge is 0.373 e. The van der Waals surface area contributed by atoms with Crippen molar-refractivity contribution >= 4 is 11.6 Å². The van der Waals surface area contributed by atoms with Crippen LogP contribution < -0.4 is 5.32 Å². The summed E-state index contributed by atoms with van der Waals surface area (Å²) in [7, 11) is 1.99. The maximum atomic E-state index is 5.89. The molecular formula is C13H18ClNO. The quantitative estimate of drug-likeness (QED) is 0.876. The zero-order chi connectivity index (χ0) is 11.4. The van der Waals surface area contributed by atoms with Gasteiger partial charge in [0.25, 0.3) is 0 Å². The summed E-state index contributed by atoms with van der Waals surface area (Å²) in [6.45, 7) is 1.88. The molecule has 1 aromatic carbocycles. The number of nitrogens with one attached hydrogen (secondary N) is 1. The zero-order valence-corrected chi connectivity index (χ0v) is 10.3. The summed E-state index contributed by atoms with van der Waals surface area (Å²) in [5, 5.41) is 4.02. The number of rotatable bonds is 3. The molecule has 0 saturated carbocycles. The monoisotopic (exact) mass is 239 g/mol. The third-order valence-electron chi connectivity index (χ3n) is 3.11. The smallest absolute Gasteiger partial charge is 0.0865 e. The van der Waals surface area contributed by atoms with Crippen LogP contribution in [0, 0.1) is 5.92 Å². The van der Waals surface area contributed by atoms with Crippen molar-refractivity contribution in [2.75, 3.05) is 20.2 Å². The molecule has 0 amide bonds. The first-order chi connectivity index (χ1) is 7.81. The fourth-order valence-corrected chi connectivity index (χ4v) is 2.46. The Morgan fingerprint density at radius 2 is 2.12 bits per heavy atom. The first-order valence-corrected chi connectivity index (χ1v) is 6.20. The molecule has 1 heterocycles. The van der Waals surface area contributed by atoms with Gasteiger partial charge in [0.15, 0.2) is 0 Å². The van der Waals surface area contributed by atoms with E-state index < -0.39 is 0 Å². The summed E-state index contributed by atoms with van der Waals surface area (Å²) in [5.41, 5.74) is 1.24. The summed E-state index contributed by atoms with van der Waals surface area (Å²) >= 11 is 5.89. The third-order valence-corrected chi connectivity index (χ3v) is 3.36. The number of ether oxygens (including phenoxy) is 1. The van der Waals surface area contributed by atoms with Crippen molar-refractivity contribution in [1.29, 1.82) is 0 Å². The Bertz CT molecular complexity index is 323. The molecule has 1 fully saturated rings. The van der Waals surface area contributed by atoms with E-state index in [4.69, 9.17) is 16.3 Å². The van der Waals surface area contributed by atoms with E-state index in [1.807, 2.05) is 19.2 Å². The Labute approximate surface area is 102 Å². The molecule has 3 heteroatoms. The van der Waals surface area contributed by atoms with E-state index in [9.17, 15) is 0 Å². The van der Waals surface area contributed by atoms with Gasteiger partial charge in [-0.1, -0.05) is 23.7 Å². The highest BCUT2D eigenvalue weighted by molar-refractivity contribution is 6.30. The van der Waals surface area contributed by atoms with Crippen LogP contribution in [0.3, 0.4) is 0 Å². The maximum Gasteiger partial charge on any atom is 0.0865 e. The van der Waals surface area contributed by atoms with Crippen LogP contribution in [0.2, 0.25) is 5.02 Å². The van der Waals surface area contributed by atoms with Crippen molar-refractivity contribution in [3.63, 3.8) is 0 Å². The Morgan fingerprint density at radius 3 is 2.81 bits per heavy atom. The van der Waals surface area contributed by atoms with E-state index in [1.54, 1.807) is 0 Å². The highest BCUT2D eigenvalue weighted by Crippen LogP contribution is 2.33. The van der Waals surface area contributed by atoms with E-state index >= 15 is 0 Å². The lowest BCUT2D eigenvalue weighted by Crippen LogP contribution is -2.30. The van der Waals surface area contributed by atoms with Crippen LogP contribution in [0.15, 0.2) is 24.3 Å². The van der Waals surface area contributed by atoms with Crippen molar-refractivity contribution in [2.45, 2.75) is 18.9 Å². The lowest BCUT2D eigenvalue weighted by molar-refractivity contribution is -0.0272. The van der Waals surface area contributed by atoms with Crippen LogP contribution in [0.4, 0.5) is 0 Å². The van der Waals surface area contributed by atoms with E-state index in [0.717, 1.165) is 24.6 Å². The highest BCUT2D eigenvalue weighted by Gasteiger charge is 2.26. The predicted molar refractivity (Wildman–Crippen MR) is 66.8 cm³/mol. The van der Waals surface area contributed by atoms with Crippen molar-refractivity contribution in [3.8, 4) is 0 Å². The second-order valence-electron chi connectivity index (χ2n) is 4.30. The first-order valence-electron chi connectivity index (χ1n) is 5.83. The molecule has 0 aliphatic carbocycles. The minimum Gasteiger partial charge on any atom is -0.373 e. The number of benzene rings is 1. The average Bonchev–Trinajstić information content (AvgIpc) is 2.32. The molecule has 88 valence electrons. The van der Waals surface area contributed by atoms with Crippen LogP contribution in [-0.2, 0) is 4.74 Å². The minimum atomic E-state index is 0.221. The molecule has 0 radical (unpaired) electrons. The molecule has 1 saturated heterocycles. The zero-order valence-electron chi connectivity index (χ0n) is 9.58. The van der Waals surface area contributed by atoms with E-state index in [2.05, 4.69) is 17.4 Å². The molecule has 0 bridgehead atoms. The first kappa shape index (κ1) is 11.9. The van der Waals surface area contributed by atoms with Crippen LogP contribution in [0.25, 0.3) is 0 Å². The highest BCUT2D eigenvalue weighted by atomic mass is 35.5. The summed E-state index contributed by atoms with van der Waals surface area (Å²) in [5.74, 6) is 0.569. The Morgan fingerprint density at radius 1 is 1.38 bits per heavy atom. The van der Waals surface area contributed by atoms with Crippen molar-refractivity contribution in [1.82, 2.24) is 5.32 Å². The summed E-state index contributed by atoms with van der Waals surface area (Å²) < 4.78 is 5.89. The van der Waals surface area contributed by atoms with Gasteiger partial charge in [0, 0.05) is 24.1 Å². The molecule has 1 aliphatic rings. The molecule has 2 rings (SSSR count). The van der Waals surface area contributed by atoms with Gasteiger partial charge in [-0.2, -0.15) is 0 Å². The van der Waals surface area contributed by atoms with Crippen molar-refractivity contribution in [3.05, 3.63) is 34.9 Å². The maximum absolute atomic E-state index is 5.89. The molecule has 1 aromatic rings. The lowest BCUT2D eigenvalue weighted by Gasteiger charge is -2.32. The second-order valence-corrected chi connectivity index (χ2v) is 4.74. The van der Waals surface area contributed by atoms with Crippen LogP contribution in [-0.4, -0.2) is 20.2 Å². The molecule has 0 aromatic heterocycles. The minimum absolute atomic E-state index is 0.221. The Kier molecular flexibility index (Phi) is 4.22. The van der Waals surface area contributed by atoms with Gasteiger partial charge in [0.2, 0.25) is 0 Å². The SMILES string of the molecule is CNCC1CCCOC1c1ccc(Cl)cc1. The van der Waals surface area contributed by atoms with Gasteiger partial charge < -0.3 is 10.1 Å². The van der Waals surface area contributed by atoms with Gasteiger partial charge in [-0.15, -0.1) is 0 Å². The topological polar surface area (TPSA) is 21.3 Å². The van der Waals surface area contributed by atoms with E-state index in [0.29, 0.717) is 5.92 Å². The standard InChI is InChI=1S/C13H18ClNO/c1-15-9-11-3-2-8-16-13(11)10-4-6-12(14)7-5-10/h4-7,11,13,15H,2-3,8-9H2,1H3. The van der Waals surface area contributed by atoms with Gasteiger partial charge in [-0.05, 0) is 37.6 Å². The molecule has 16 heavy (non-hydrogen) atoms. The number of halogens is 1. The Balaban J connectivity index is 2.13. The average molecular weight is 240 g/mol. The Hall–Kier alpha value is -0.570. The molecule has 2 unspecified atom stereocenters. The second kappa shape index (κ2) is 5.67. The molecule has 1 N–H and O–H groups in total. The lowest BCUT2D eigenvalue weighted by atomic mass is 9.89. The predicted octanol–water partition coefficient (Wildman–Crippen LogP) is 3.03. The van der Waals surface area contributed by atoms with Gasteiger partial charge in [0.1, 0.15) is 0 Å². The molecule has 2 atom stereocenters. The van der Waals surface area contributed by atoms with Gasteiger partial charge in [-0.3, -0.25) is 0 Å². The number of hydrogen-bond donors (Lipinski definition) is 1. The number of hydrogen-bond acceptors (Lipinski definition) is 2. The fraction of sp³-hybridized carbons (Fsp3) is 0.538. The van der Waals surface area contributed by atoms with Crippen molar-refractivity contribution < 1.29 is 4.74 Å². The molecule has 2 nitrogen and oxygen atoms in total. The third kappa shape index (κ3) is 2.76. The van der Waals surface area contributed by atoms with E-state index in [1.165, 1.54) is 12.0 Å². The molecule has 0 spiro atoms.